The van der Waals surface area contributed by atoms with Gasteiger partial charge in [-0.15, -0.1) is 0 Å². The maximum absolute atomic E-state index is 11.5. The number of pyridine rings is 1. The van der Waals surface area contributed by atoms with Gasteiger partial charge in [-0.25, -0.2) is 0 Å². The zero-order valence-electron chi connectivity index (χ0n) is 7.68. The van der Waals surface area contributed by atoms with Crippen molar-refractivity contribution in [3.63, 3.8) is 0 Å². The Morgan fingerprint density at radius 2 is 2.36 bits per heavy atom. The lowest BCUT2D eigenvalue weighted by Crippen LogP contribution is -2.20. The highest BCUT2D eigenvalue weighted by Crippen LogP contribution is 1.89. The van der Waals surface area contributed by atoms with Crippen LogP contribution >= 0.6 is 0 Å². The van der Waals surface area contributed by atoms with Crippen molar-refractivity contribution in [2.45, 2.75) is 6.54 Å². The van der Waals surface area contributed by atoms with Crippen LogP contribution in [0.4, 0.5) is 0 Å². The van der Waals surface area contributed by atoms with Crippen LogP contribution in [0.2, 0.25) is 0 Å². The van der Waals surface area contributed by atoms with Gasteiger partial charge in [-0.2, -0.15) is 5.26 Å². The van der Waals surface area contributed by atoms with Gasteiger partial charge in [0.05, 0.1) is 0 Å². The van der Waals surface area contributed by atoms with Crippen molar-refractivity contribution in [3.8, 4) is 6.07 Å². The molecule has 0 aliphatic carbocycles. The van der Waals surface area contributed by atoms with Crippen LogP contribution < -0.4 is 11.3 Å². The molecule has 0 saturated carbocycles. The highest BCUT2D eigenvalue weighted by Gasteiger charge is 1.98. The molecule has 4 heteroatoms. The number of nitrogens with zero attached hydrogens (tertiary/aromatic N) is 2. The van der Waals surface area contributed by atoms with Crippen molar-refractivity contribution in [1.82, 2.24) is 4.57 Å². The summed E-state index contributed by atoms with van der Waals surface area (Å²) in [5.74, 6) is 0. The van der Waals surface area contributed by atoms with Crippen LogP contribution in [0.15, 0.2) is 35.3 Å². The predicted octanol–water partition coefficient (Wildman–Crippen LogP) is 0.235. The number of nitrogens with two attached hydrogens (primary N) is 1. The van der Waals surface area contributed by atoms with E-state index in [0.29, 0.717) is 13.1 Å². The zero-order chi connectivity index (χ0) is 10.4. The van der Waals surface area contributed by atoms with Gasteiger partial charge in [-0.3, -0.25) is 4.79 Å². The summed E-state index contributed by atoms with van der Waals surface area (Å²) in [5.41, 5.74) is 5.15. The highest BCUT2D eigenvalue weighted by molar-refractivity contribution is 5.25. The van der Waals surface area contributed by atoms with E-state index in [4.69, 9.17) is 11.0 Å². The molecule has 0 aliphatic rings. The van der Waals surface area contributed by atoms with Crippen LogP contribution in [0.1, 0.15) is 5.56 Å². The molecule has 0 spiro atoms. The van der Waals surface area contributed by atoms with Gasteiger partial charge in [0.2, 0.25) is 0 Å². The third-order valence-corrected chi connectivity index (χ3v) is 1.75. The lowest BCUT2D eigenvalue weighted by Gasteiger charge is -2.00. The second kappa shape index (κ2) is 5.00. The minimum absolute atomic E-state index is 0.161. The summed E-state index contributed by atoms with van der Waals surface area (Å²) in [5, 5.41) is 8.61. The normalized spacial score (nSPS) is 10.3. The lowest BCUT2D eigenvalue weighted by atomic mass is 10.3. The Balaban J connectivity index is 2.95. The second-order valence-corrected chi connectivity index (χ2v) is 2.70. The van der Waals surface area contributed by atoms with Crippen molar-refractivity contribution < 1.29 is 0 Å². The zero-order valence-corrected chi connectivity index (χ0v) is 7.68. The smallest absolute Gasteiger partial charge is 0.268 e. The van der Waals surface area contributed by atoms with E-state index in [0.717, 1.165) is 0 Å². The fraction of sp³-hybridized carbons (Fsp3) is 0.200. The largest absolute Gasteiger partial charge is 0.327 e. The summed E-state index contributed by atoms with van der Waals surface area (Å²) in [6.07, 6.45) is 5.21. The molecule has 0 unspecified atom stereocenters. The van der Waals surface area contributed by atoms with Gasteiger partial charge in [-0.1, -0.05) is 12.2 Å². The highest BCUT2D eigenvalue weighted by atomic mass is 16.1. The maximum Gasteiger partial charge on any atom is 0.268 e. The molecule has 1 aromatic rings. The van der Waals surface area contributed by atoms with E-state index in [-0.39, 0.29) is 11.1 Å². The van der Waals surface area contributed by atoms with Gasteiger partial charge in [0, 0.05) is 19.3 Å². The van der Waals surface area contributed by atoms with Crippen molar-refractivity contribution in [1.29, 1.82) is 5.26 Å². The minimum atomic E-state index is -0.267. The maximum atomic E-state index is 11.5. The van der Waals surface area contributed by atoms with Crippen molar-refractivity contribution in [3.05, 3.63) is 46.4 Å². The van der Waals surface area contributed by atoms with E-state index >= 15 is 0 Å². The van der Waals surface area contributed by atoms with E-state index in [1.165, 1.54) is 10.6 Å². The molecule has 0 aliphatic heterocycles. The van der Waals surface area contributed by atoms with Crippen LogP contribution in [0, 0.1) is 11.3 Å². The van der Waals surface area contributed by atoms with Crippen molar-refractivity contribution in [2.75, 3.05) is 6.54 Å². The fourth-order valence-electron chi connectivity index (χ4n) is 1.05. The van der Waals surface area contributed by atoms with Gasteiger partial charge >= 0.3 is 0 Å². The summed E-state index contributed by atoms with van der Waals surface area (Å²) in [4.78, 5) is 11.5. The van der Waals surface area contributed by atoms with Crippen LogP contribution in [-0.4, -0.2) is 11.1 Å². The van der Waals surface area contributed by atoms with Gasteiger partial charge in [-0.05, 0) is 12.1 Å². The average Bonchev–Trinajstić information content (AvgIpc) is 2.21. The first-order valence-corrected chi connectivity index (χ1v) is 4.24. The van der Waals surface area contributed by atoms with E-state index in [1.54, 1.807) is 24.4 Å². The van der Waals surface area contributed by atoms with E-state index in [2.05, 4.69) is 0 Å². The van der Waals surface area contributed by atoms with Crippen molar-refractivity contribution >= 4 is 0 Å². The molecule has 0 fully saturated rings. The predicted molar refractivity (Wildman–Crippen MR) is 53.6 cm³/mol. The topological polar surface area (TPSA) is 71.8 Å². The Labute approximate surface area is 81.9 Å². The molecule has 2 N–H and O–H groups in total. The molecule has 0 radical (unpaired) electrons. The molecule has 1 heterocycles. The Morgan fingerprint density at radius 3 is 3.00 bits per heavy atom. The van der Waals surface area contributed by atoms with Crippen molar-refractivity contribution in [2.24, 2.45) is 5.73 Å². The Kier molecular flexibility index (Phi) is 3.65. The van der Waals surface area contributed by atoms with Crippen LogP contribution in [0.25, 0.3) is 0 Å². The lowest BCUT2D eigenvalue weighted by molar-refractivity contribution is 0.774. The summed E-state index contributed by atoms with van der Waals surface area (Å²) >= 11 is 0. The van der Waals surface area contributed by atoms with Gasteiger partial charge in [0.15, 0.2) is 0 Å². The van der Waals surface area contributed by atoms with Crippen LogP contribution in [-0.2, 0) is 6.54 Å². The van der Waals surface area contributed by atoms with Gasteiger partial charge < -0.3 is 10.3 Å². The second-order valence-electron chi connectivity index (χ2n) is 2.70. The van der Waals surface area contributed by atoms with Crippen LogP contribution in [0.5, 0.6) is 0 Å². The molecule has 0 saturated heterocycles. The third-order valence-electron chi connectivity index (χ3n) is 1.75. The Hall–Kier alpha value is -1.86. The number of hydrogen-bond acceptors (Lipinski definition) is 3. The molecule has 1 rings (SSSR count). The first-order valence-electron chi connectivity index (χ1n) is 4.24. The molecule has 0 atom stereocenters. The number of hydrogen-bond donors (Lipinski definition) is 1. The van der Waals surface area contributed by atoms with E-state index < -0.39 is 0 Å². The van der Waals surface area contributed by atoms with Gasteiger partial charge in [0.1, 0.15) is 11.6 Å². The number of allylic oxidation sites excluding steroid dienone is 1. The van der Waals surface area contributed by atoms with Crippen LogP contribution in [0.3, 0.4) is 0 Å². The molecule has 0 aromatic carbocycles. The SMILES string of the molecule is N#Cc1cccn(C/C=C/CN)c1=O. The van der Waals surface area contributed by atoms with Gasteiger partial charge in [0.25, 0.3) is 5.56 Å². The number of aromatic nitrogens is 1. The van der Waals surface area contributed by atoms with E-state index in [9.17, 15) is 4.79 Å². The molecule has 14 heavy (non-hydrogen) atoms. The molecule has 0 bridgehead atoms. The number of nitriles is 1. The molecule has 4 nitrogen and oxygen atoms in total. The average molecular weight is 189 g/mol. The quantitative estimate of drug-likeness (QED) is 0.692. The fourth-order valence-corrected chi connectivity index (χ4v) is 1.05. The first kappa shape index (κ1) is 10.2. The molecule has 1 aromatic heterocycles. The molecular formula is C10H11N3O. The molecule has 0 amide bonds. The number of rotatable bonds is 3. The minimum Gasteiger partial charge on any atom is -0.327 e. The molecule has 72 valence electrons. The first-order chi connectivity index (χ1) is 6.79. The monoisotopic (exact) mass is 189 g/mol. The summed E-state index contributed by atoms with van der Waals surface area (Å²) < 4.78 is 1.46. The van der Waals surface area contributed by atoms with E-state index in [1.807, 2.05) is 6.07 Å². The summed E-state index contributed by atoms with van der Waals surface area (Å²) in [6, 6.07) is 5.03. The Morgan fingerprint density at radius 1 is 1.57 bits per heavy atom. The Bertz CT molecular complexity index is 426. The molecular weight excluding hydrogens is 178 g/mol. The summed E-state index contributed by atoms with van der Waals surface area (Å²) in [6.45, 7) is 0.901. The standard InChI is InChI=1S/C10H11N3O/c11-5-1-2-6-13-7-3-4-9(8-12)10(13)14/h1-4,7H,5-6,11H2/b2-1+. The third kappa shape index (κ3) is 2.31. The summed E-state index contributed by atoms with van der Waals surface area (Å²) in [7, 11) is 0.